The van der Waals surface area contributed by atoms with Gasteiger partial charge in [0.05, 0.1) is 22.2 Å². The van der Waals surface area contributed by atoms with Crippen LogP contribution in [0.1, 0.15) is 22.8 Å². The quantitative estimate of drug-likeness (QED) is 0.551. The number of rotatable bonds is 5. The summed E-state index contributed by atoms with van der Waals surface area (Å²) in [5.41, 5.74) is 1.11. The van der Waals surface area contributed by atoms with Crippen LogP contribution in [0, 0.1) is 0 Å². The van der Waals surface area contributed by atoms with E-state index in [4.69, 9.17) is 37.4 Å². The number of halogens is 2. The minimum atomic E-state index is -0.467. The molecule has 0 saturated heterocycles. The van der Waals surface area contributed by atoms with Gasteiger partial charge < -0.3 is 14.2 Å². The van der Waals surface area contributed by atoms with Gasteiger partial charge in [-0.2, -0.15) is 0 Å². The minimum absolute atomic E-state index is 0.168. The van der Waals surface area contributed by atoms with Gasteiger partial charge in [-0.25, -0.2) is 4.79 Å². The van der Waals surface area contributed by atoms with Crippen LogP contribution < -0.4 is 9.47 Å². The third-order valence-corrected chi connectivity index (χ3v) is 4.28. The smallest absolute Gasteiger partial charge is 0.344 e. The number of carbonyl (C=O) groups is 2. The molecule has 1 aliphatic rings. The molecule has 2 aromatic carbocycles. The van der Waals surface area contributed by atoms with Gasteiger partial charge in [0.1, 0.15) is 11.5 Å². The zero-order valence-electron chi connectivity index (χ0n) is 13.8. The summed E-state index contributed by atoms with van der Waals surface area (Å²) in [5.74, 6) is 0.220. The molecule has 0 N–H and O–H groups in total. The lowest BCUT2D eigenvalue weighted by Crippen LogP contribution is -2.14. The number of ketones is 1. The fourth-order valence-corrected chi connectivity index (χ4v) is 2.66. The highest BCUT2D eigenvalue weighted by Crippen LogP contribution is 2.35. The molecule has 0 saturated carbocycles. The van der Waals surface area contributed by atoms with Gasteiger partial charge in [0, 0.05) is 6.07 Å². The first-order valence-electron chi connectivity index (χ1n) is 7.79. The molecule has 0 fully saturated rings. The Morgan fingerprint density at radius 2 is 1.96 bits per heavy atom. The summed E-state index contributed by atoms with van der Waals surface area (Å²) < 4.78 is 15.8. The van der Waals surface area contributed by atoms with E-state index >= 15 is 0 Å². The molecule has 0 unspecified atom stereocenters. The van der Waals surface area contributed by atoms with Crippen LogP contribution in [-0.4, -0.2) is 25.0 Å². The molecular formula is C19H14Cl2O5. The SMILES string of the molecule is CCOC(=O)COc1ccc2c(c1)O/C(=C/c1ccc(Cl)c(Cl)c1)C2=O. The van der Waals surface area contributed by atoms with Crippen molar-refractivity contribution in [1.82, 2.24) is 0 Å². The van der Waals surface area contributed by atoms with Crippen molar-refractivity contribution in [1.29, 1.82) is 0 Å². The first kappa shape index (κ1) is 18.3. The minimum Gasteiger partial charge on any atom is -0.482 e. The standard InChI is InChI=1S/C19H14Cl2O5/c1-2-24-18(22)10-25-12-4-5-13-16(9-12)26-17(19(13)23)8-11-3-6-14(20)15(21)7-11/h3-9H,2,10H2,1H3/b17-8+. The maximum atomic E-state index is 12.4. The zero-order chi connectivity index (χ0) is 18.7. The van der Waals surface area contributed by atoms with Crippen molar-refractivity contribution in [3.8, 4) is 11.5 Å². The lowest BCUT2D eigenvalue weighted by molar-refractivity contribution is -0.145. The molecule has 1 heterocycles. The van der Waals surface area contributed by atoms with Crippen LogP contribution in [0.2, 0.25) is 10.0 Å². The van der Waals surface area contributed by atoms with Gasteiger partial charge in [0.2, 0.25) is 5.78 Å². The molecular weight excluding hydrogens is 379 g/mol. The predicted octanol–water partition coefficient (Wildman–Crippen LogP) is 4.55. The number of ether oxygens (including phenoxy) is 3. The van der Waals surface area contributed by atoms with E-state index in [-0.39, 0.29) is 24.8 Å². The second kappa shape index (κ2) is 7.81. The van der Waals surface area contributed by atoms with Crippen LogP contribution in [0.25, 0.3) is 6.08 Å². The Hall–Kier alpha value is -2.50. The Labute approximate surface area is 160 Å². The van der Waals surface area contributed by atoms with Gasteiger partial charge in [-0.05, 0) is 42.8 Å². The second-order valence-corrected chi connectivity index (χ2v) is 6.18. The van der Waals surface area contributed by atoms with E-state index in [2.05, 4.69) is 0 Å². The Kier molecular flexibility index (Phi) is 5.49. The highest BCUT2D eigenvalue weighted by Gasteiger charge is 2.27. The topological polar surface area (TPSA) is 61.8 Å². The molecule has 0 aliphatic carbocycles. The van der Waals surface area contributed by atoms with Gasteiger partial charge in [-0.15, -0.1) is 0 Å². The molecule has 5 nitrogen and oxygen atoms in total. The first-order valence-corrected chi connectivity index (χ1v) is 8.55. The molecule has 134 valence electrons. The van der Waals surface area contributed by atoms with E-state index in [0.29, 0.717) is 32.7 Å². The van der Waals surface area contributed by atoms with E-state index < -0.39 is 5.97 Å². The Morgan fingerprint density at radius 1 is 1.15 bits per heavy atom. The van der Waals surface area contributed by atoms with Gasteiger partial charge in [-0.3, -0.25) is 4.79 Å². The van der Waals surface area contributed by atoms with Crippen molar-refractivity contribution in [3.05, 3.63) is 63.3 Å². The Morgan fingerprint density at radius 3 is 2.69 bits per heavy atom. The highest BCUT2D eigenvalue weighted by atomic mass is 35.5. The first-order chi connectivity index (χ1) is 12.5. The summed E-state index contributed by atoms with van der Waals surface area (Å²) in [4.78, 5) is 23.8. The van der Waals surface area contributed by atoms with Crippen molar-refractivity contribution in [2.75, 3.05) is 13.2 Å². The number of carbonyl (C=O) groups excluding carboxylic acids is 2. The van der Waals surface area contributed by atoms with E-state index in [1.165, 1.54) is 0 Å². The summed E-state index contributed by atoms with van der Waals surface area (Å²) in [6.07, 6.45) is 1.59. The molecule has 0 atom stereocenters. The molecule has 1 aliphatic heterocycles. The molecule has 0 bridgehead atoms. The van der Waals surface area contributed by atoms with Crippen molar-refractivity contribution in [2.24, 2.45) is 0 Å². The number of hydrogen-bond donors (Lipinski definition) is 0. The lowest BCUT2D eigenvalue weighted by atomic mass is 10.1. The van der Waals surface area contributed by atoms with E-state index in [1.807, 2.05) is 0 Å². The van der Waals surface area contributed by atoms with Crippen molar-refractivity contribution >= 4 is 41.0 Å². The fourth-order valence-electron chi connectivity index (χ4n) is 2.36. The normalized spacial score (nSPS) is 14.1. The Bertz CT molecular complexity index is 905. The van der Waals surface area contributed by atoms with E-state index in [1.54, 1.807) is 49.4 Å². The van der Waals surface area contributed by atoms with Crippen molar-refractivity contribution in [2.45, 2.75) is 6.92 Å². The molecule has 26 heavy (non-hydrogen) atoms. The monoisotopic (exact) mass is 392 g/mol. The van der Waals surface area contributed by atoms with Crippen LogP contribution >= 0.6 is 23.2 Å². The van der Waals surface area contributed by atoms with Crippen LogP contribution in [0.4, 0.5) is 0 Å². The largest absolute Gasteiger partial charge is 0.482 e. The molecule has 0 radical (unpaired) electrons. The molecule has 7 heteroatoms. The van der Waals surface area contributed by atoms with Crippen LogP contribution in [0.3, 0.4) is 0 Å². The third-order valence-electron chi connectivity index (χ3n) is 3.54. The number of esters is 1. The summed E-state index contributed by atoms with van der Waals surface area (Å²) in [5, 5.41) is 0.817. The number of allylic oxidation sites excluding steroid dienone is 1. The fraction of sp³-hybridized carbons (Fsp3) is 0.158. The average Bonchev–Trinajstić information content (AvgIpc) is 2.92. The van der Waals surface area contributed by atoms with Gasteiger partial charge in [0.25, 0.3) is 0 Å². The second-order valence-electron chi connectivity index (χ2n) is 5.36. The number of hydrogen-bond acceptors (Lipinski definition) is 5. The third kappa shape index (κ3) is 4.00. The highest BCUT2D eigenvalue weighted by molar-refractivity contribution is 6.42. The summed E-state index contributed by atoms with van der Waals surface area (Å²) in [6, 6.07) is 9.76. The molecule has 3 rings (SSSR count). The van der Waals surface area contributed by atoms with Gasteiger partial charge >= 0.3 is 5.97 Å². The Balaban J connectivity index is 1.77. The summed E-state index contributed by atoms with van der Waals surface area (Å²) in [7, 11) is 0. The zero-order valence-corrected chi connectivity index (χ0v) is 15.3. The maximum absolute atomic E-state index is 12.4. The molecule has 0 amide bonds. The van der Waals surface area contributed by atoms with Crippen molar-refractivity contribution < 1.29 is 23.8 Å². The van der Waals surface area contributed by atoms with Crippen LogP contribution in [0.5, 0.6) is 11.5 Å². The van der Waals surface area contributed by atoms with Crippen LogP contribution in [0.15, 0.2) is 42.2 Å². The molecule has 0 aromatic heterocycles. The maximum Gasteiger partial charge on any atom is 0.344 e. The van der Waals surface area contributed by atoms with E-state index in [0.717, 1.165) is 0 Å². The lowest BCUT2D eigenvalue weighted by Gasteiger charge is -2.06. The van der Waals surface area contributed by atoms with Crippen molar-refractivity contribution in [3.63, 3.8) is 0 Å². The number of fused-ring (bicyclic) bond motifs is 1. The molecule has 0 spiro atoms. The van der Waals surface area contributed by atoms with Gasteiger partial charge in [-0.1, -0.05) is 29.3 Å². The summed E-state index contributed by atoms with van der Waals surface area (Å²) >= 11 is 11.9. The summed E-state index contributed by atoms with van der Waals surface area (Å²) in [6.45, 7) is 1.79. The predicted molar refractivity (Wildman–Crippen MR) is 98.0 cm³/mol. The van der Waals surface area contributed by atoms with Crippen LogP contribution in [-0.2, 0) is 9.53 Å². The van der Waals surface area contributed by atoms with E-state index in [9.17, 15) is 9.59 Å². The average molecular weight is 393 g/mol. The van der Waals surface area contributed by atoms with Gasteiger partial charge in [0.15, 0.2) is 12.4 Å². The number of Topliss-reactive ketones (excluding diaryl/α,β-unsaturated/α-hetero) is 1. The number of benzene rings is 2. The molecule has 2 aromatic rings.